The van der Waals surface area contributed by atoms with Crippen molar-refractivity contribution >= 4 is 22.0 Å². The van der Waals surface area contributed by atoms with Crippen molar-refractivity contribution in [2.75, 3.05) is 6.54 Å². The SMILES string of the molecule is C[C@@H]1C[C@@H](n2cc(Br)cn2)CN1C(=O)OC(C)(C)C. The number of aromatic nitrogens is 2. The molecule has 1 aromatic rings. The van der Waals surface area contributed by atoms with Gasteiger partial charge in [-0.3, -0.25) is 4.68 Å². The highest BCUT2D eigenvalue weighted by atomic mass is 79.9. The van der Waals surface area contributed by atoms with Gasteiger partial charge in [-0.1, -0.05) is 0 Å². The lowest BCUT2D eigenvalue weighted by Gasteiger charge is -2.26. The third-order valence-electron chi connectivity index (χ3n) is 3.12. The number of hydrogen-bond acceptors (Lipinski definition) is 3. The molecule has 0 radical (unpaired) electrons. The number of carbonyl (C=O) groups is 1. The summed E-state index contributed by atoms with van der Waals surface area (Å²) < 4.78 is 8.29. The van der Waals surface area contributed by atoms with Crippen molar-refractivity contribution in [3.8, 4) is 0 Å². The van der Waals surface area contributed by atoms with Gasteiger partial charge in [0.25, 0.3) is 0 Å². The average Bonchev–Trinajstić information content (AvgIpc) is 2.82. The van der Waals surface area contributed by atoms with Gasteiger partial charge in [-0.25, -0.2) is 4.79 Å². The summed E-state index contributed by atoms with van der Waals surface area (Å²) in [5, 5.41) is 4.29. The van der Waals surface area contributed by atoms with Gasteiger partial charge in [0.15, 0.2) is 0 Å². The van der Waals surface area contributed by atoms with Gasteiger partial charge in [0.1, 0.15) is 5.60 Å². The number of amides is 1. The fourth-order valence-corrected chi connectivity index (χ4v) is 2.59. The second-order valence-electron chi connectivity index (χ2n) is 6.01. The summed E-state index contributed by atoms with van der Waals surface area (Å²) in [5.41, 5.74) is -0.455. The molecule has 2 atom stereocenters. The quantitative estimate of drug-likeness (QED) is 0.794. The van der Waals surface area contributed by atoms with Crippen molar-refractivity contribution in [3.05, 3.63) is 16.9 Å². The summed E-state index contributed by atoms with van der Waals surface area (Å²) in [5.74, 6) is 0. The Morgan fingerprint density at radius 1 is 1.53 bits per heavy atom. The molecule has 0 N–H and O–H groups in total. The maximum Gasteiger partial charge on any atom is 0.410 e. The van der Waals surface area contributed by atoms with Crippen LogP contribution in [0.15, 0.2) is 16.9 Å². The summed E-state index contributed by atoms with van der Waals surface area (Å²) in [4.78, 5) is 13.9. The van der Waals surface area contributed by atoms with Gasteiger partial charge in [0.2, 0.25) is 0 Å². The van der Waals surface area contributed by atoms with E-state index in [-0.39, 0.29) is 18.2 Å². The molecule has 2 heterocycles. The van der Waals surface area contributed by atoms with Gasteiger partial charge in [0.05, 0.1) is 16.7 Å². The van der Waals surface area contributed by atoms with Crippen LogP contribution < -0.4 is 0 Å². The van der Waals surface area contributed by atoms with Crippen LogP contribution in [-0.4, -0.2) is 39.0 Å². The molecule has 106 valence electrons. The Balaban J connectivity index is 2.03. The highest BCUT2D eigenvalue weighted by Gasteiger charge is 2.36. The van der Waals surface area contributed by atoms with E-state index in [1.807, 2.05) is 38.6 Å². The number of likely N-dealkylation sites (tertiary alicyclic amines) is 1. The molecule has 0 unspecified atom stereocenters. The Kier molecular flexibility index (Phi) is 3.90. The van der Waals surface area contributed by atoms with Crippen LogP contribution in [0.5, 0.6) is 0 Å². The van der Waals surface area contributed by atoms with Crippen LogP contribution in [0.3, 0.4) is 0 Å². The first-order chi connectivity index (χ1) is 8.76. The zero-order valence-corrected chi connectivity index (χ0v) is 13.3. The maximum atomic E-state index is 12.1. The van der Waals surface area contributed by atoms with Crippen molar-refractivity contribution in [1.82, 2.24) is 14.7 Å². The molecule has 1 fully saturated rings. The first kappa shape index (κ1) is 14.4. The van der Waals surface area contributed by atoms with E-state index in [1.54, 1.807) is 11.1 Å². The van der Waals surface area contributed by atoms with E-state index in [4.69, 9.17) is 4.74 Å². The number of carbonyl (C=O) groups excluding carboxylic acids is 1. The van der Waals surface area contributed by atoms with Crippen LogP contribution in [0.2, 0.25) is 0 Å². The van der Waals surface area contributed by atoms with Crippen molar-refractivity contribution in [3.63, 3.8) is 0 Å². The van der Waals surface area contributed by atoms with Crippen molar-refractivity contribution in [1.29, 1.82) is 0 Å². The first-order valence-corrected chi connectivity index (χ1v) is 7.25. The number of ether oxygens (including phenoxy) is 1. The molecule has 1 aliphatic heterocycles. The third-order valence-corrected chi connectivity index (χ3v) is 3.53. The number of nitrogens with zero attached hydrogens (tertiary/aromatic N) is 3. The maximum absolute atomic E-state index is 12.1. The standard InChI is InChI=1S/C13H20BrN3O2/c1-9-5-11(17-7-10(14)6-15-17)8-16(9)12(18)19-13(2,3)4/h6-7,9,11H,5,8H2,1-4H3/t9-,11-/m1/s1. The first-order valence-electron chi connectivity index (χ1n) is 6.45. The Bertz CT molecular complexity index is 467. The van der Waals surface area contributed by atoms with Gasteiger partial charge < -0.3 is 9.64 Å². The lowest BCUT2D eigenvalue weighted by atomic mass is 10.2. The van der Waals surface area contributed by atoms with E-state index in [9.17, 15) is 4.79 Å². The van der Waals surface area contributed by atoms with E-state index in [0.717, 1.165) is 10.9 Å². The number of halogens is 1. The topological polar surface area (TPSA) is 47.4 Å². The Morgan fingerprint density at radius 3 is 2.74 bits per heavy atom. The average molecular weight is 330 g/mol. The molecule has 1 amide bonds. The highest BCUT2D eigenvalue weighted by Crippen LogP contribution is 2.28. The normalized spacial score (nSPS) is 23.7. The Hall–Kier alpha value is -1.04. The molecule has 0 spiro atoms. The molecule has 1 aromatic heterocycles. The summed E-state index contributed by atoms with van der Waals surface area (Å²) >= 11 is 3.39. The minimum Gasteiger partial charge on any atom is -0.444 e. The van der Waals surface area contributed by atoms with Crippen LogP contribution in [0.25, 0.3) is 0 Å². The molecule has 0 saturated carbocycles. The van der Waals surface area contributed by atoms with E-state index in [2.05, 4.69) is 21.0 Å². The zero-order chi connectivity index (χ0) is 14.2. The monoisotopic (exact) mass is 329 g/mol. The van der Waals surface area contributed by atoms with Gasteiger partial charge >= 0.3 is 6.09 Å². The Labute approximate surface area is 122 Å². The zero-order valence-electron chi connectivity index (χ0n) is 11.8. The predicted molar refractivity (Wildman–Crippen MR) is 76.0 cm³/mol. The van der Waals surface area contributed by atoms with Gasteiger partial charge in [-0.2, -0.15) is 5.10 Å². The molecule has 0 aliphatic carbocycles. The lowest BCUT2D eigenvalue weighted by Crippen LogP contribution is -2.38. The molecular formula is C13H20BrN3O2. The number of hydrogen-bond donors (Lipinski definition) is 0. The molecular weight excluding hydrogens is 310 g/mol. The number of rotatable bonds is 1. The van der Waals surface area contributed by atoms with Gasteiger partial charge in [-0.15, -0.1) is 0 Å². The fraction of sp³-hybridized carbons (Fsp3) is 0.692. The minimum atomic E-state index is -0.455. The van der Waals surface area contributed by atoms with Gasteiger partial charge in [-0.05, 0) is 50.0 Å². The van der Waals surface area contributed by atoms with Crippen LogP contribution in [0, 0.1) is 0 Å². The lowest BCUT2D eigenvalue weighted by molar-refractivity contribution is 0.0234. The van der Waals surface area contributed by atoms with E-state index >= 15 is 0 Å². The molecule has 6 heteroatoms. The van der Waals surface area contributed by atoms with Crippen molar-refractivity contribution in [2.45, 2.75) is 51.8 Å². The summed E-state index contributed by atoms with van der Waals surface area (Å²) in [6.45, 7) is 8.34. The Morgan fingerprint density at radius 2 is 2.21 bits per heavy atom. The highest BCUT2D eigenvalue weighted by molar-refractivity contribution is 9.10. The minimum absolute atomic E-state index is 0.169. The fourth-order valence-electron chi connectivity index (χ4n) is 2.28. The van der Waals surface area contributed by atoms with Crippen LogP contribution >= 0.6 is 15.9 Å². The van der Waals surface area contributed by atoms with E-state index in [0.29, 0.717) is 6.54 Å². The smallest absolute Gasteiger partial charge is 0.410 e. The summed E-state index contributed by atoms with van der Waals surface area (Å²) in [6, 6.07) is 0.386. The van der Waals surface area contributed by atoms with E-state index < -0.39 is 5.60 Å². The van der Waals surface area contributed by atoms with Gasteiger partial charge in [0, 0.05) is 18.8 Å². The molecule has 0 bridgehead atoms. The van der Waals surface area contributed by atoms with Crippen LogP contribution in [0.1, 0.15) is 40.2 Å². The van der Waals surface area contributed by atoms with Crippen LogP contribution in [0.4, 0.5) is 4.79 Å². The second-order valence-corrected chi connectivity index (χ2v) is 6.93. The molecule has 0 aromatic carbocycles. The van der Waals surface area contributed by atoms with Crippen LogP contribution in [-0.2, 0) is 4.74 Å². The second kappa shape index (κ2) is 5.15. The molecule has 19 heavy (non-hydrogen) atoms. The van der Waals surface area contributed by atoms with E-state index in [1.165, 1.54) is 0 Å². The molecule has 2 rings (SSSR count). The molecule has 1 aliphatic rings. The third kappa shape index (κ3) is 3.49. The largest absolute Gasteiger partial charge is 0.444 e. The molecule has 1 saturated heterocycles. The summed E-state index contributed by atoms with van der Waals surface area (Å²) in [6.07, 6.45) is 4.36. The predicted octanol–water partition coefficient (Wildman–Crippen LogP) is 3.22. The van der Waals surface area contributed by atoms with Crippen molar-refractivity contribution in [2.24, 2.45) is 0 Å². The van der Waals surface area contributed by atoms with Crippen molar-refractivity contribution < 1.29 is 9.53 Å². The molecule has 5 nitrogen and oxygen atoms in total. The summed E-state index contributed by atoms with van der Waals surface area (Å²) in [7, 11) is 0.